The Morgan fingerprint density at radius 3 is 2.47 bits per heavy atom. The van der Waals surface area contributed by atoms with Crippen LogP contribution >= 0.6 is 0 Å². The van der Waals surface area contributed by atoms with Gasteiger partial charge in [0.2, 0.25) is 5.91 Å². The molecule has 2 aliphatic rings. The summed E-state index contributed by atoms with van der Waals surface area (Å²) in [4.78, 5) is 27.8. The van der Waals surface area contributed by atoms with Crippen molar-refractivity contribution in [2.24, 2.45) is 5.73 Å². The van der Waals surface area contributed by atoms with E-state index in [-0.39, 0.29) is 12.0 Å². The molecule has 0 unspecified atom stereocenters. The molecule has 9 nitrogen and oxygen atoms in total. The van der Waals surface area contributed by atoms with Crippen LogP contribution in [0.1, 0.15) is 43.0 Å². The van der Waals surface area contributed by atoms with Crippen LogP contribution in [0.4, 0.5) is 11.5 Å². The summed E-state index contributed by atoms with van der Waals surface area (Å²) in [6.07, 6.45) is 4.59. The van der Waals surface area contributed by atoms with Crippen molar-refractivity contribution in [1.82, 2.24) is 15.1 Å². The summed E-state index contributed by atoms with van der Waals surface area (Å²) in [5.74, 6) is 0.729. The maximum Gasteiger partial charge on any atom is 0.250 e. The number of nitrogen functional groups attached to an aromatic ring is 1. The van der Waals surface area contributed by atoms with Crippen molar-refractivity contribution < 1.29 is 14.3 Å². The Bertz CT molecular complexity index is 1240. The van der Waals surface area contributed by atoms with Gasteiger partial charge in [0, 0.05) is 33.1 Å². The van der Waals surface area contributed by atoms with Crippen LogP contribution in [-0.2, 0) is 4.79 Å². The fraction of sp³-hybridized carbons (Fsp3) is 0.400. The number of anilines is 2. The smallest absolute Gasteiger partial charge is 0.250 e. The summed E-state index contributed by atoms with van der Waals surface area (Å²) in [7, 11) is 0. The van der Waals surface area contributed by atoms with Gasteiger partial charge < -0.3 is 26.0 Å². The highest BCUT2D eigenvalue weighted by molar-refractivity contribution is 6.01. The molecule has 5 rings (SSSR count). The van der Waals surface area contributed by atoms with E-state index >= 15 is 0 Å². The molecule has 9 heteroatoms. The van der Waals surface area contributed by atoms with E-state index in [1.807, 2.05) is 29.2 Å². The second kappa shape index (κ2) is 8.89. The lowest BCUT2D eigenvalue weighted by Crippen LogP contribution is -2.48. The molecular weight excluding hydrogens is 432 g/mol. The van der Waals surface area contributed by atoms with Crippen molar-refractivity contribution in [2.45, 2.75) is 38.7 Å². The van der Waals surface area contributed by atoms with E-state index in [1.165, 1.54) is 12.8 Å². The molecule has 2 aromatic carbocycles. The molecule has 0 atom stereocenters. The number of hydrogen-bond acceptors (Lipinski definition) is 6. The summed E-state index contributed by atoms with van der Waals surface area (Å²) in [5, 5.41) is 7.99. The molecule has 0 spiro atoms. The molecule has 1 aliphatic heterocycles. The molecule has 1 aliphatic carbocycles. The molecule has 1 saturated heterocycles. The Balaban J connectivity index is 1.53. The maximum absolute atomic E-state index is 12.2. The average Bonchev–Trinajstić information content (AvgIpc) is 3.48. The number of H-pyrrole nitrogens is 1. The highest BCUT2D eigenvalue weighted by Crippen LogP contribution is 2.38. The SMILES string of the molecule is CC(=O)N1CCN(c2cc(-c3cc(OC4CCCC4)c4c(N)n[nH]c4c3)ccc2C(N)=O)CC1. The van der Waals surface area contributed by atoms with Crippen molar-refractivity contribution in [3.8, 4) is 16.9 Å². The van der Waals surface area contributed by atoms with Gasteiger partial charge in [-0.1, -0.05) is 6.07 Å². The lowest BCUT2D eigenvalue weighted by atomic mass is 9.99. The Morgan fingerprint density at radius 2 is 1.79 bits per heavy atom. The van der Waals surface area contributed by atoms with Crippen molar-refractivity contribution >= 4 is 34.2 Å². The van der Waals surface area contributed by atoms with E-state index in [0.717, 1.165) is 46.3 Å². The van der Waals surface area contributed by atoms with Gasteiger partial charge in [-0.25, -0.2) is 0 Å². The van der Waals surface area contributed by atoms with Crippen LogP contribution < -0.4 is 21.1 Å². The minimum atomic E-state index is -0.474. The number of ether oxygens (including phenoxy) is 1. The highest BCUT2D eigenvalue weighted by Gasteiger charge is 2.24. The fourth-order valence-corrected chi connectivity index (χ4v) is 5.03. The van der Waals surface area contributed by atoms with E-state index in [1.54, 1.807) is 13.0 Å². The third-order valence-corrected chi connectivity index (χ3v) is 6.91. The first kappa shape index (κ1) is 22.1. The van der Waals surface area contributed by atoms with Crippen LogP contribution in [0.25, 0.3) is 22.0 Å². The number of nitrogens with two attached hydrogens (primary N) is 2. The fourth-order valence-electron chi connectivity index (χ4n) is 5.03. The quantitative estimate of drug-likeness (QED) is 0.534. The topological polar surface area (TPSA) is 131 Å². The molecule has 3 aromatic rings. The van der Waals surface area contributed by atoms with Gasteiger partial charge >= 0.3 is 0 Å². The number of fused-ring (bicyclic) bond motifs is 1. The second-order valence-corrected chi connectivity index (χ2v) is 9.12. The van der Waals surface area contributed by atoms with Crippen molar-refractivity contribution in [3.63, 3.8) is 0 Å². The molecule has 2 fully saturated rings. The van der Waals surface area contributed by atoms with Crippen LogP contribution in [-0.4, -0.2) is 59.2 Å². The highest BCUT2D eigenvalue weighted by atomic mass is 16.5. The van der Waals surface area contributed by atoms with Crippen LogP contribution in [0.15, 0.2) is 30.3 Å². The normalized spacial score (nSPS) is 16.9. The third kappa shape index (κ3) is 4.13. The van der Waals surface area contributed by atoms with E-state index in [0.29, 0.717) is 37.6 Å². The Labute approximate surface area is 198 Å². The largest absolute Gasteiger partial charge is 0.490 e. The zero-order valence-corrected chi connectivity index (χ0v) is 19.3. The Kier molecular flexibility index (Phi) is 5.77. The number of amides is 2. The summed E-state index contributed by atoms with van der Waals surface area (Å²) < 4.78 is 6.37. The molecule has 34 heavy (non-hydrogen) atoms. The van der Waals surface area contributed by atoms with Gasteiger partial charge in [-0.15, -0.1) is 0 Å². The van der Waals surface area contributed by atoms with E-state index in [9.17, 15) is 9.59 Å². The van der Waals surface area contributed by atoms with Gasteiger partial charge in [-0.3, -0.25) is 14.7 Å². The predicted octanol–water partition coefficient (Wildman–Crippen LogP) is 2.90. The first-order chi connectivity index (χ1) is 16.4. The summed E-state index contributed by atoms with van der Waals surface area (Å²) >= 11 is 0. The number of benzene rings is 2. The number of piperazine rings is 1. The third-order valence-electron chi connectivity index (χ3n) is 6.91. The Hall–Kier alpha value is -3.75. The monoisotopic (exact) mass is 462 g/mol. The predicted molar refractivity (Wildman–Crippen MR) is 132 cm³/mol. The molecule has 178 valence electrons. The van der Waals surface area contributed by atoms with Crippen molar-refractivity contribution in [3.05, 3.63) is 35.9 Å². The number of aromatic nitrogens is 2. The van der Waals surface area contributed by atoms with Crippen LogP contribution in [0.3, 0.4) is 0 Å². The van der Waals surface area contributed by atoms with E-state index in [2.05, 4.69) is 15.1 Å². The van der Waals surface area contributed by atoms with Crippen LogP contribution in [0.5, 0.6) is 5.75 Å². The summed E-state index contributed by atoms with van der Waals surface area (Å²) in [6.45, 7) is 4.06. The molecule has 0 radical (unpaired) electrons. The molecule has 2 amide bonds. The Morgan fingerprint density at radius 1 is 1.06 bits per heavy atom. The number of carbonyl (C=O) groups excluding carboxylic acids is 2. The summed E-state index contributed by atoms with van der Waals surface area (Å²) in [5.41, 5.74) is 15.7. The van der Waals surface area contributed by atoms with E-state index < -0.39 is 5.91 Å². The number of aromatic amines is 1. The number of nitrogens with zero attached hydrogens (tertiary/aromatic N) is 3. The van der Waals surface area contributed by atoms with Gasteiger partial charge in [0.05, 0.1) is 28.3 Å². The number of primary amides is 1. The van der Waals surface area contributed by atoms with Gasteiger partial charge in [0.1, 0.15) is 5.75 Å². The molecule has 1 aromatic heterocycles. The zero-order valence-electron chi connectivity index (χ0n) is 19.3. The van der Waals surface area contributed by atoms with E-state index in [4.69, 9.17) is 16.2 Å². The van der Waals surface area contributed by atoms with Crippen molar-refractivity contribution in [2.75, 3.05) is 36.8 Å². The zero-order chi connectivity index (χ0) is 23.8. The molecule has 1 saturated carbocycles. The molecule has 0 bridgehead atoms. The van der Waals surface area contributed by atoms with Gasteiger partial charge in [-0.2, -0.15) is 5.10 Å². The number of nitrogens with one attached hydrogen (secondary N) is 1. The lowest BCUT2D eigenvalue weighted by molar-refractivity contribution is -0.129. The van der Waals surface area contributed by atoms with Crippen LogP contribution in [0.2, 0.25) is 0 Å². The number of carbonyl (C=O) groups is 2. The second-order valence-electron chi connectivity index (χ2n) is 9.12. The van der Waals surface area contributed by atoms with Gasteiger partial charge in [-0.05, 0) is 61.1 Å². The molecule has 2 heterocycles. The first-order valence-corrected chi connectivity index (χ1v) is 11.8. The standard InChI is InChI=1S/C25H30N6O3/c1-15(32)30-8-10-31(11-9-30)21-13-16(6-7-19(21)25(27)33)17-12-20-23(24(26)29-28-20)22(14-17)34-18-4-2-3-5-18/h6-7,12-14,18H,2-5,8-11H2,1H3,(H2,27,33)(H3,26,28,29). The first-order valence-electron chi connectivity index (χ1n) is 11.8. The average molecular weight is 463 g/mol. The van der Waals surface area contributed by atoms with Crippen molar-refractivity contribution in [1.29, 1.82) is 0 Å². The lowest BCUT2D eigenvalue weighted by Gasteiger charge is -2.36. The maximum atomic E-state index is 12.2. The molecule has 5 N–H and O–H groups in total. The van der Waals surface area contributed by atoms with Gasteiger partial charge in [0.15, 0.2) is 5.82 Å². The summed E-state index contributed by atoms with van der Waals surface area (Å²) in [6, 6.07) is 9.66. The van der Waals surface area contributed by atoms with Crippen LogP contribution in [0, 0.1) is 0 Å². The molecular formula is C25H30N6O3. The minimum absolute atomic E-state index is 0.0606. The minimum Gasteiger partial charge on any atom is -0.490 e. The number of rotatable bonds is 5. The van der Waals surface area contributed by atoms with Gasteiger partial charge in [0.25, 0.3) is 5.91 Å². The number of hydrogen-bond donors (Lipinski definition) is 3.